The molecule has 40 heavy (non-hydrogen) atoms. The van der Waals surface area contributed by atoms with E-state index in [2.05, 4.69) is 64.9 Å². The lowest BCUT2D eigenvalue weighted by Crippen LogP contribution is -2.44. The van der Waals surface area contributed by atoms with Crippen LogP contribution in [0, 0.1) is 5.92 Å². The van der Waals surface area contributed by atoms with Crippen molar-refractivity contribution in [3.8, 4) is 0 Å². The molecule has 212 valence electrons. The number of nitrogens with zero attached hydrogens (tertiary/aromatic N) is 2. The van der Waals surface area contributed by atoms with Crippen LogP contribution in [0.15, 0.2) is 78.9 Å². The maximum absolute atomic E-state index is 12.4. The molecule has 0 aliphatic carbocycles. The molecule has 4 rings (SSSR count). The summed E-state index contributed by atoms with van der Waals surface area (Å²) < 4.78 is 23.1. The van der Waals surface area contributed by atoms with Crippen LogP contribution in [0.25, 0.3) is 16.8 Å². The van der Waals surface area contributed by atoms with Gasteiger partial charge in [-0.25, -0.2) is 4.21 Å². The van der Waals surface area contributed by atoms with Crippen molar-refractivity contribution >= 4 is 39.9 Å². The number of fused-ring (bicyclic) bond motifs is 1. The average molecular weight is 563 g/mol. The summed E-state index contributed by atoms with van der Waals surface area (Å²) in [7, 11) is 0. The number of piperidine rings is 1. The van der Waals surface area contributed by atoms with E-state index in [1.165, 1.54) is 26.7 Å². The van der Waals surface area contributed by atoms with Gasteiger partial charge in [-0.15, -0.1) is 0 Å². The van der Waals surface area contributed by atoms with Gasteiger partial charge in [0.05, 0.1) is 6.54 Å². The van der Waals surface area contributed by atoms with Gasteiger partial charge in [-0.1, -0.05) is 72.8 Å². The summed E-state index contributed by atoms with van der Waals surface area (Å²) in [6.07, 6.45) is 4.96. The Bertz CT molecular complexity index is 1320. The predicted molar refractivity (Wildman–Crippen MR) is 160 cm³/mol. The number of hydrogen-bond acceptors (Lipinski definition) is 4. The van der Waals surface area contributed by atoms with Gasteiger partial charge in [0.15, 0.2) is 0 Å². The molecular formula is C31H38N4O4S. The molecule has 0 saturated carbocycles. The first-order valence-electron chi connectivity index (χ1n) is 13.8. The predicted octanol–water partition coefficient (Wildman–Crippen LogP) is 4.00. The summed E-state index contributed by atoms with van der Waals surface area (Å²) in [5, 5.41) is 7.95. The molecule has 8 nitrogen and oxygen atoms in total. The van der Waals surface area contributed by atoms with Crippen molar-refractivity contribution < 1.29 is 18.4 Å². The van der Waals surface area contributed by atoms with Gasteiger partial charge >= 0.3 is 0 Å². The Balaban J connectivity index is 1.18. The first kappa shape index (κ1) is 29.6. The van der Waals surface area contributed by atoms with Crippen molar-refractivity contribution in [2.45, 2.75) is 25.8 Å². The van der Waals surface area contributed by atoms with Gasteiger partial charge in [0, 0.05) is 31.8 Å². The summed E-state index contributed by atoms with van der Waals surface area (Å²) in [4.78, 5) is 26.9. The van der Waals surface area contributed by atoms with Crippen molar-refractivity contribution in [2.24, 2.45) is 5.92 Å². The largest absolute Gasteiger partial charge is 0.353 e. The van der Waals surface area contributed by atoms with Crippen LogP contribution < -0.4 is 10.6 Å². The Morgan fingerprint density at radius 3 is 2.42 bits per heavy atom. The average Bonchev–Trinajstić information content (AvgIpc) is 2.98. The van der Waals surface area contributed by atoms with E-state index >= 15 is 0 Å². The number of nitrogens with one attached hydrogen (secondary N) is 2. The van der Waals surface area contributed by atoms with E-state index in [9.17, 15) is 18.4 Å². The van der Waals surface area contributed by atoms with E-state index < -0.39 is 11.3 Å². The van der Waals surface area contributed by atoms with Crippen LogP contribution in [-0.4, -0.2) is 69.0 Å². The molecule has 3 aromatic rings. The normalized spacial score (nSPS) is 16.3. The molecule has 1 saturated heterocycles. The van der Waals surface area contributed by atoms with Gasteiger partial charge < -0.3 is 10.6 Å². The number of rotatable bonds is 12. The zero-order valence-electron chi connectivity index (χ0n) is 22.9. The van der Waals surface area contributed by atoms with Gasteiger partial charge in [-0.3, -0.25) is 19.0 Å². The second-order valence-electron chi connectivity index (χ2n) is 10.2. The first-order chi connectivity index (χ1) is 19.4. The molecule has 1 aliphatic rings. The fourth-order valence-corrected chi connectivity index (χ4v) is 5.77. The Morgan fingerprint density at radius 2 is 1.68 bits per heavy atom. The van der Waals surface area contributed by atoms with Crippen LogP contribution in [0.1, 0.15) is 36.9 Å². The van der Waals surface area contributed by atoms with Crippen LogP contribution in [0.3, 0.4) is 0 Å². The molecule has 0 bridgehead atoms. The minimum atomic E-state index is -2.24. The lowest BCUT2D eigenvalue weighted by Gasteiger charge is -2.37. The number of benzene rings is 3. The molecule has 0 aromatic heterocycles. The Morgan fingerprint density at radius 1 is 1.00 bits per heavy atom. The van der Waals surface area contributed by atoms with E-state index in [0.29, 0.717) is 6.54 Å². The van der Waals surface area contributed by atoms with Gasteiger partial charge in [-0.05, 0) is 66.7 Å². The Kier molecular flexibility index (Phi) is 11.0. The van der Waals surface area contributed by atoms with E-state index in [1.54, 1.807) is 6.08 Å². The minimum Gasteiger partial charge on any atom is -0.353 e. The Labute approximate surface area is 238 Å². The fourth-order valence-electron chi connectivity index (χ4n) is 5.20. The molecule has 0 radical (unpaired) electrons. The highest BCUT2D eigenvalue weighted by molar-refractivity contribution is 7.76. The summed E-state index contributed by atoms with van der Waals surface area (Å²) in [6, 6.07) is 24.7. The number of carbonyl (C=O) groups is 2. The fraction of sp³-hybridized carbons (Fsp3) is 0.355. The van der Waals surface area contributed by atoms with Crippen LogP contribution >= 0.6 is 0 Å². The van der Waals surface area contributed by atoms with Crippen LogP contribution in [0.2, 0.25) is 0 Å². The van der Waals surface area contributed by atoms with Gasteiger partial charge in [0.2, 0.25) is 23.1 Å². The molecule has 3 N–H and O–H groups in total. The first-order valence-corrected chi connectivity index (χ1v) is 14.8. The molecule has 0 spiro atoms. The minimum absolute atomic E-state index is 0.169. The summed E-state index contributed by atoms with van der Waals surface area (Å²) >= 11 is -2.24. The quantitative estimate of drug-likeness (QED) is 0.176. The molecule has 2 amide bonds. The van der Waals surface area contributed by atoms with Crippen LogP contribution in [0.4, 0.5) is 0 Å². The SMILES string of the molecule is CC(c1cccc2ccccc12)N1CCC(CN(CC(=O)NCCNC(=O)C=Cc2ccccc2)S(=O)O)CC1. The monoisotopic (exact) mass is 562 g/mol. The van der Waals surface area contributed by atoms with Crippen molar-refractivity contribution in [2.75, 3.05) is 39.3 Å². The van der Waals surface area contributed by atoms with Gasteiger partial charge in [0.1, 0.15) is 0 Å². The smallest absolute Gasteiger partial charge is 0.244 e. The molecule has 9 heteroatoms. The molecule has 1 heterocycles. The lowest BCUT2D eigenvalue weighted by molar-refractivity contribution is -0.122. The molecule has 1 fully saturated rings. The summed E-state index contributed by atoms with van der Waals surface area (Å²) in [6.45, 7) is 4.74. The van der Waals surface area contributed by atoms with E-state index in [1.807, 2.05) is 30.3 Å². The highest BCUT2D eigenvalue weighted by Gasteiger charge is 2.27. The highest BCUT2D eigenvalue weighted by atomic mass is 32.2. The molecule has 2 unspecified atom stereocenters. The van der Waals surface area contributed by atoms with E-state index in [0.717, 1.165) is 31.5 Å². The zero-order chi connectivity index (χ0) is 28.3. The van der Waals surface area contributed by atoms with Crippen molar-refractivity contribution in [1.82, 2.24) is 19.8 Å². The van der Waals surface area contributed by atoms with Crippen LogP contribution in [-0.2, 0) is 20.9 Å². The molecule has 1 aliphatic heterocycles. The third-order valence-corrected chi connectivity index (χ3v) is 8.17. The number of carbonyl (C=O) groups excluding carboxylic acids is 2. The standard InChI is InChI=1S/C31H38N4O4S/c1-24(28-13-7-11-27-10-5-6-12-29(27)28)34-20-16-26(17-21-34)22-35(40(38)39)23-31(37)33-19-18-32-30(36)15-14-25-8-3-2-4-9-25/h2-15,24,26H,16-23H2,1H3,(H,32,36)(H,33,37)(H,38,39). The van der Waals surface area contributed by atoms with Crippen LogP contribution in [0.5, 0.6) is 0 Å². The lowest BCUT2D eigenvalue weighted by atomic mass is 9.93. The molecular weight excluding hydrogens is 524 g/mol. The third kappa shape index (κ3) is 8.56. The number of hydrogen-bond donors (Lipinski definition) is 3. The summed E-state index contributed by atoms with van der Waals surface area (Å²) in [5.41, 5.74) is 2.24. The summed E-state index contributed by atoms with van der Waals surface area (Å²) in [5.74, 6) is -0.369. The van der Waals surface area contributed by atoms with E-state index in [4.69, 9.17) is 0 Å². The van der Waals surface area contributed by atoms with Gasteiger partial charge in [-0.2, -0.15) is 4.31 Å². The van der Waals surface area contributed by atoms with Crippen molar-refractivity contribution in [3.05, 3.63) is 90.0 Å². The Hall–Kier alpha value is -3.37. The molecule has 2 atom stereocenters. The van der Waals surface area contributed by atoms with Gasteiger partial charge in [0.25, 0.3) is 0 Å². The topological polar surface area (TPSA) is 102 Å². The number of likely N-dealkylation sites (tertiary alicyclic amines) is 1. The second kappa shape index (κ2) is 14.9. The zero-order valence-corrected chi connectivity index (χ0v) is 23.7. The highest BCUT2D eigenvalue weighted by Crippen LogP contribution is 2.31. The maximum Gasteiger partial charge on any atom is 0.244 e. The van der Waals surface area contributed by atoms with E-state index in [-0.39, 0.29) is 43.4 Å². The van der Waals surface area contributed by atoms with Crippen molar-refractivity contribution in [1.29, 1.82) is 0 Å². The third-order valence-electron chi connectivity index (χ3n) is 7.45. The second-order valence-corrected chi connectivity index (χ2v) is 11.1. The maximum atomic E-state index is 12.4. The van der Waals surface area contributed by atoms with Crippen molar-refractivity contribution in [3.63, 3.8) is 0 Å². The molecule has 3 aromatic carbocycles. The number of amides is 2.